The van der Waals surface area contributed by atoms with Crippen LogP contribution >= 0.6 is 11.6 Å². The van der Waals surface area contributed by atoms with Crippen molar-refractivity contribution in [3.8, 4) is 11.6 Å². The summed E-state index contributed by atoms with van der Waals surface area (Å²) in [6.07, 6.45) is 1.69. The molecule has 0 aromatic carbocycles. The highest BCUT2D eigenvalue weighted by Crippen LogP contribution is 2.29. The zero-order chi connectivity index (χ0) is 13.3. The molecule has 0 atom stereocenters. The van der Waals surface area contributed by atoms with Gasteiger partial charge in [0.25, 0.3) is 0 Å². The average molecular weight is 267 g/mol. The third-order valence-electron chi connectivity index (χ3n) is 2.73. The van der Waals surface area contributed by atoms with E-state index in [4.69, 9.17) is 16.3 Å². The van der Waals surface area contributed by atoms with Crippen LogP contribution in [0.4, 0.5) is 0 Å². The van der Waals surface area contributed by atoms with E-state index in [1.165, 1.54) is 0 Å². The van der Waals surface area contributed by atoms with Crippen LogP contribution in [0.3, 0.4) is 0 Å². The van der Waals surface area contributed by atoms with E-state index in [-0.39, 0.29) is 0 Å². The molecule has 6 heteroatoms. The molecule has 0 aliphatic heterocycles. The topological polar surface area (TPSA) is 52.8 Å². The van der Waals surface area contributed by atoms with Crippen molar-refractivity contribution in [3.63, 3.8) is 0 Å². The summed E-state index contributed by atoms with van der Waals surface area (Å²) >= 11 is 5.85. The molecular weight excluding hydrogens is 252 g/mol. The molecule has 5 nitrogen and oxygen atoms in total. The molecule has 18 heavy (non-hydrogen) atoms. The molecule has 2 rings (SSSR count). The van der Waals surface area contributed by atoms with Gasteiger partial charge in [-0.2, -0.15) is 10.1 Å². The molecule has 0 saturated heterocycles. The lowest BCUT2D eigenvalue weighted by molar-refractivity contribution is 0.447. The summed E-state index contributed by atoms with van der Waals surface area (Å²) in [5, 5.41) is 4.30. The average Bonchev–Trinajstić information content (AvgIpc) is 2.56. The summed E-state index contributed by atoms with van der Waals surface area (Å²) in [6, 6.07) is 0. The maximum atomic E-state index is 5.85. The van der Waals surface area contributed by atoms with Crippen LogP contribution in [-0.4, -0.2) is 19.7 Å². The van der Waals surface area contributed by atoms with Gasteiger partial charge < -0.3 is 4.74 Å². The van der Waals surface area contributed by atoms with Gasteiger partial charge in [0.2, 0.25) is 5.88 Å². The van der Waals surface area contributed by atoms with Crippen molar-refractivity contribution in [3.05, 3.63) is 29.0 Å². The van der Waals surface area contributed by atoms with Crippen LogP contribution in [0, 0.1) is 20.8 Å². The van der Waals surface area contributed by atoms with Gasteiger partial charge in [0.05, 0.1) is 11.6 Å². The molecule has 2 aromatic heterocycles. The van der Waals surface area contributed by atoms with Gasteiger partial charge in [0, 0.05) is 18.8 Å². The third kappa shape index (κ3) is 2.31. The fraction of sp³-hybridized carbons (Fsp3) is 0.417. The standard InChI is InChI=1S/C12H15ClN4O/c1-7-11(8(2)17(4)16-7)18-12-10(5-13)6-14-9(3)15-12/h6H,5H2,1-4H3. The minimum Gasteiger partial charge on any atom is -0.435 e. The first-order chi connectivity index (χ1) is 8.52. The Bertz CT molecular complexity index is 580. The summed E-state index contributed by atoms with van der Waals surface area (Å²) in [6.45, 7) is 5.66. The molecule has 0 saturated carbocycles. The minimum absolute atomic E-state index is 0.313. The first kappa shape index (κ1) is 12.8. The first-order valence-corrected chi connectivity index (χ1v) is 6.13. The molecule has 0 bridgehead atoms. The predicted octanol–water partition coefficient (Wildman–Crippen LogP) is 2.67. The highest BCUT2D eigenvalue weighted by molar-refractivity contribution is 6.17. The second kappa shape index (κ2) is 4.94. The Kier molecular flexibility index (Phi) is 3.52. The maximum Gasteiger partial charge on any atom is 0.227 e. The number of aryl methyl sites for hydroxylation is 3. The van der Waals surface area contributed by atoms with E-state index in [1.54, 1.807) is 10.9 Å². The number of aromatic nitrogens is 4. The highest BCUT2D eigenvalue weighted by atomic mass is 35.5. The summed E-state index contributed by atoms with van der Waals surface area (Å²) in [5.74, 6) is 2.19. The SMILES string of the molecule is Cc1ncc(CCl)c(Oc2c(C)nn(C)c2C)n1. The van der Waals surface area contributed by atoms with Gasteiger partial charge in [0.15, 0.2) is 5.75 Å². The molecule has 0 aliphatic carbocycles. The second-order valence-corrected chi connectivity index (χ2v) is 4.37. The summed E-state index contributed by atoms with van der Waals surface area (Å²) in [5.41, 5.74) is 2.54. The first-order valence-electron chi connectivity index (χ1n) is 5.59. The Hall–Kier alpha value is -1.62. The van der Waals surface area contributed by atoms with E-state index in [1.807, 2.05) is 27.8 Å². The number of hydrogen-bond acceptors (Lipinski definition) is 4. The predicted molar refractivity (Wildman–Crippen MR) is 69.1 cm³/mol. The maximum absolute atomic E-state index is 5.85. The molecular formula is C12H15ClN4O. The number of hydrogen-bond donors (Lipinski definition) is 0. The smallest absolute Gasteiger partial charge is 0.227 e. The number of ether oxygens (including phenoxy) is 1. The molecule has 0 spiro atoms. The highest BCUT2D eigenvalue weighted by Gasteiger charge is 2.15. The molecule has 2 heterocycles. The van der Waals surface area contributed by atoms with Gasteiger partial charge in [-0.15, -0.1) is 11.6 Å². The van der Waals surface area contributed by atoms with Crippen molar-refractivity contribution in [1.29, 1.82) is 0 Å². The Morgan fingerprint density at radius 3 is 2.61 bits per heavy atom. The van der Waals surface area contributed by atoms with Crippen molar-refractivity contribution < 1.29 is 4.74 Å². The second-order valence-electron chi connectivity index (χ2n) is 4.11. The Balaban J connectivity index is 2.42. The number of alkyl halides is 1. The van der Waals surface area contributed by atoms with E-state index in [9.17, 15) is 0 Å². The van der Waals surface area contributed by atoms with E-state index in [0.717, 1.165) is 22.7 Å². The number of rotatable bonds is 3. The van der Waals surface area contributed by atoms with E-state index < -0.39 is 0 Å². The molecule has 96 valence electrons. The van der Waals surface area contributed by atoms with Gasteiger partial charge >= 0.3 is 0 Å². The third-order valence-corrected chi connectivity index (χ3v) is 3.02. The van der Waals surface area contributed by atoms with Gasteiger partial charge in [-0.25, -0.2) is 4.98 Å². The van der Waals surface area contributed by atoms with E-state index >= 15 is 0 Å². The van der Waals surface area contributed by atoms with Crippen LogP contribution in [-0.2, 0) is 12.9 Å². The quantitative estimate of drug-likeness (QED) is 0.802. The fourth-order valence-corrected chi connectivity index (χ4v) is 1.84. The van der Waals surface area contributed by atoms with Crippen molar-refractivity contribution in [1.82, 2.24) is 19.7 Å². The van der Waals surface area contributed by atoms with Crippen LogP contribution in [0.2, 0.25) is 0 Å². The monoisotopic (exact) mass is 266 g/mol. The number of nitrogens with zero attached hydrogens (tertiary/aromatic N) is 4. The van der Waals surface area contributed by atoms with Gasteiger partial charge in [-0.05, 0) is 20.8 Å². The Morgan fingerprint density at radius 1 is 1.33 bits per heavy atom. The van der Waals surface area contributed by atoms with Gasteiger partial charge in [-0.3, -0.25) is 4.68 Å². The summed E-state index contributed by atoms with van der Waals surface area (Å²) in [4.78, 5) is 8.38. The lowest BCUT2D eigenvalue weighted by Crippen LogP contribution is -1.99. The minimum atomic E-state index is 0.313. The largest absolute Gasteiger partial charge is 0.435 e. The zero-order valence-corrected chi connectivity index (χ0v) is 11.6. The lowest BCUT2D eigenvalue weighted by atomic mass is 10.3. The zero-order valence-electron chi connectivity index (χ0n) is 10.9. The summed E-state index contributed by atoms with van der Waals surface area (Å²) in [7, 11) is 1.88. The lowest BCUT2D eigenvalue weighted by Gasteiger charge is -2.08. The van der Waals surface area contributed by atoms with Crippen molar-refractivity contribution in [2.75, 3.05) is 0 Å². The molecule has 0 fully saturated rings. The normalized spacial score (nSPS) is 10.7. The molecule has 0 N–H and O–H groups in total. The van der Waals surface area contributed by atoms with Crippen LogP contribution < -0.4 is 4.74 Å². The van der Waals surface area contributed by atoms with Gasteiger partial charge in [-0.1, -0.05) is 0 Å². The Morgan fingerprint density at radius 2 is 2.06 bits per heavy atom. The van der Waals surface area contributed by atoms with Crippen molar-refractivity contribution in [2.45, 2.75) is 26.7 Å². The van der Waals surface area contributed by atoms with E-state index in [0.29, 0.717) is 17.6 Å². The van der Waals surface area contributed by atoms with Crippen LogP contribution in [0.1, 0.15) is 22.8 Å². The Labute approximate surface area is 111 Å². The number of halogens is 1. The fourth-order valence-electron chi connectivity index (χ4n) is 1.65. The van der Waals surface area contributed by atoms with Gasteiger partial charge in [0.1, 0.15) is 11.5 Å². The molecule has 2 aromatic rings. The van der Waals surface area contributed by atoms with Crippen LogP contribution in [0.15, 0.2) is 6.20 Å². The molecule has 0 unspecified atom stereocenters. The molecule has 0 radical (unpaired) electrons. The molecule has 0 aliphatic rings. The van der Waals surface area contributed by atoms with Crippen molar-refractivity contribution >= 4 is 11.6 Å². The molecule has 0 amide bonds. The van der Waals surface area contributed by atoms with Crippen molar-refractivity contribution in [2.24, 2.45) is 7.05 Å². The van der Waals surface area contributed by atoms with Crippen LogP contribution in [0.5, 0.6) is 11.6 Å². The summed E-state index contributed by atoms with van der Waals surface area (Å²) < 4.78 is 7.62. The van der Waals surface area contributed by atoms with Crippen LogP contribution in [0.25, 0.3) is 0 Å². The van der Waals surface area contributed by atoms with E-state index in [2.05, 4.69) is 15.1 Å².